The van der Waals surface area contributed by atoms with Crippen LogP contribution in [0.15, 0.2) is 0 Å². The van der Waals surface area contributed by atoms with Crippen LogP contribution in [0.1, 0.15) is 0 Å². The van der Waals surface area contributed by atoms with E-state index in [-0.39, 0.29) is 30.6 Å². The van der Waals surface area contributed by atoms with Crippen molar-refractivity contribution in [1.82, 2.24) is 5.32 Å². The number of hydrogen-bond donors (Lipinski definition) is 2. The van der Waals surface area contributed by atoms with Crippen LogP contribution in [0.3, 0.4) is 0 Å². The van der Waals surface area contributed by atoms with Crippen molar-refractivity contribution < 1.29 is 14.6 Å². The van der Waals surface area contributed by atoms with E-state index in [1.807, 2.05) is 0 Å². The van der Waals surface area contributed by atoms with Crippen molar-refractivity contribution >= 4 is 0 Å². The summed E-state index contributed by atoms with van der Waals surface area (Å²) in [4.78, 5) is 0. The van der Waals surface area contributed by atoms with Crippen LogP contribution in [0.25, 0.3) is 0 Å². The minimum Gasteiger partial charge on any atom is -0.389 e. The lowest BCUT2D eigenvalue weighted by Crippen LogP contribution is -2.39. The molecule has 0 aromatic heterocycles. The molecular formula is C6H9NO3. The predicted octanol–water partition coefficient (Wildman–Crippen LogP) is -1.56. The Balaban J connectivity index is 1.91. The molecule has 3 aliphatic rings. The summed E-state index contributed by atoms with van der Waals surface area (Å²) in [6.07, 6.45) is -0.525. The highest BCUT2D eigenvalue weighted by molar-refractivity contribution is 5.12. The topological polar surface area (TPSA) is 60.6 Å². The van der Waals surface area contributed by atoms with Crippen LogP contribution in [-0.2, 0) is 9.47 Å². The second-order valence-corrected chi connectivity index (χ2v) is 3.09. The zero-order valence-electron chi connectivity index (χ0n) is 5.36. The summed E-state index contributed by atoms with van der Waals surface area (Å²) in [5.74, 6) is 0. The largest absolute Gasteiger partial charge is 0.389 e. The van der Waals surface area contributed by atoms with Crippen LogP contribution in [-0.4, -0.2) is 42.3 Å². The molecule has 2 bridgehead atoms. The van der Waals surface area contributed by atoms with Gasteiger partial charge in [-0.3, -0.25) is 0 Å². The van der Waals surface area contributed by atoms with Crippen LogP contribution >= 0.6 is 0 Å². The van der Waals surface area contributed by atoms with Crippen LogP contribution in [0.5, 0.6) is 0 Å². The Morgan fingerprint density at radius 1 is 1.40 bits per heavy atom. The minimum absolute atomic E-state index is 0.0822. The van der Waals surface area contributed by atoms with Gasteiger partial charge in [-0.15, -0.1) is 0 Å². The summed E-state index contributed by atoms with van der Waals surface area (Å²) in [5, 5.41) is 12.6. The third kappa shape index (κ3) is 0.509. The number of rotatable bonds is 0. The molecule has 0 unspecified atom stereocenters. The van der Waals surface area contributed by atoms with Crippen molar-refractivity contribution in [3.63, 3.8) is 0 Å². The van der Waals surface area contributed by atoms with Crippen molar-refractivity contribution in [3.05, 3.63) is 0 Å². The molecule has 3 heterocycles. The smallest absolute Gasteiger partial charge is 0.175 e. The maximum absolute atomic E-state index is 9.44. The summed E-state index contributed by atoms with van der Waals surface area (Å²) >= 11 is 0. The first-order valence-corrected chi connectivity index (χ1v) is 3.57. The Bertz CT molecular complexity index is 172. The number of aliphatic hydroxyl groups excluding tert-OH is 1. The predicted molar refractivity (Wildman–Crippen MR) is 31.3 cm³/mol. The third-order valence-electron chi connectivity index (χ3n) is 2.44. The first-order valence-electron chi connectivity index (χ1n) is 3.57. The van der Waals surface area contributed by atoms with E-state index in [2.05, 4.69) is 5.32 Å². The lowest BCUT2D eigenvalue weighted by Gasteiger charge is -2.20. The summed E-state index contributed by atoms with van der Waals surface area (Å²) in [6.45, 7) is 0.556. The highest BCUT2D eigenvalue weighted by Gasteiger charge is 2.58. The fraction of sp³-hybridized carbons (Fsp3) is 1.00. The average Bonchev–Trinajstić information content (AvgIpc) is 2.61. The molecule has 0 spiro atoms. The van der Waals surface area contributed by atoms with Gasteiger partial charge in [0, 0.05) is 0 Å². The molecule has 56 valence electrons. The summed E-state index contributed by atoms with van der Waals surface area (Å²) < 4.78 is 10.6. The molecule has 3 fully saturated rings. The van der Waals surface area contributed by atoms with E-state index in [1.54, 1.807) is 0 Å². The standard InChI is InChI=1S/C6H9NO3/c8-5-2-1-9-6(10-2)4-3(5)7-4/h2-8H,1H2/t2-,3+,4-,5-,6-/m1/s1. The minimum atomic E-state index is -0.358. The molecule has 4 heteroatoms. The van der Waals surface area contributed by atoms with Gasteiger partial charge in [0.15, 0.2) is 6.29 Å². The van der Waals surface area contributed by atoms with E-state index in [9.17, 15) is 5.11 Å². The van der Waals surface area contributed by atoms with E-state index in [1.165, 1.54) is 0 Å². The van der Waals surface area contributed by atoms with Gasteiger partial charge in [0.05, 0.1) is 24.8 Å². The molecule has 10 heavy (non-hydrogen) atoms. The van der Waals surface area contributed by atoms with Gasteiger partial charge in [-0.25, -0.2) is 0 Å². The van der Waals surface area contributed by atoms with Gasteiger partial charge in [0.25, 0.3) is 0 Å². The Kier molecular flexibility index (Phi) is 0.840. The maximum atomic E-state index is 9.44. The van der Waals surface area contributed by atoms with Crippen molar-refractivity contribution in [2.24, 2.45) is 0 Å². The van der Waals surface area contributed by atoms with Crippen LogP contribution in [0, 0.1) is 0 Å². The number of nitrogens with one attached hydrogen (secondary N) is 1. The van der Waals surface area contributed by atoms with Crippen LogP contribution < -0.4 is 5.32 Å². The monoisotopic (exact) mass is 143 g/mol. The normalized spacial score (nSPS) is 63.9. The van der Waals surface area contributed by atoms with E-state index in [4.69, 9.17) is 9.47 Å². The van der Waals surface area contributed by atoms with Gasteiger partial charge in [-0.1, -0.05) is 0 Å². The molecule has 0 aromatic carbocycles. The van der Waals surface area contributed by atoms with Crippen molar-refractivity contribution in [3.8, 4) is 0 Å². The van der Waals surface area contributed by atoms with Gasteiger partial charge in [0.1, 0.15) is 6.10 Å². The fourth-order valence-electron chi connectivity index (χ4n) is 1.76. The molecule has 4 nitrogen and oxygen atoms in total. The van der Waals surface area contributed by atoms with E-state index >= 15 is 0 Å². The zero-order valence-corrected chi connectivity index (χ0v) is 5.36. The Hall–Kier alpha value is -0.160. The van der Waals surface area contributed by atoms with Crippen LogP contribution in [0.4, 0.5) is 0 Å². The third-order valence-corrected chi connectivity index (χ3v) is 2.44. The van der Waals surface area contributed by atoms with Gasteiger partial charge < -0.3 is 19.9 Å². The Labute approximate surface area is 58.1 Å². The van der Waals surface area contributed by atoms with Crippen molar-refractivity contribution in [2.75, 3.05) is 6.61 Å². The van der Waals surface area contributed by atoms with Gasteiger partial charge >= 0.3 is 0 Å². The number of fused-ring (bicyclic) bond motifs is 4. The number of ether oxygens (including phenoxy) is 2. The lowest BCUT2D eigenvalue weighted by atomic mass is 10.1. The van der Waals surface area contributed by atoms with Gasteiger partial charge in [0.2, 0.25) is 0 Å². The highest BCUT2D eigenvalue weighted by Crippen LogP contribution is 2.35. The molecule has 3 rings (SSSR count). The summed E-state index contributed by atoms with van der Waals surface area (Å²) in [6, 6.07) is 0.500. The molecule has 0 amide bonds. The molecular weight excluding hydrogens is 134 g/mol. The van der Waals surface area contributed by atoms with Crippen LogP contribution in [0.2, 0.25) is 0 Å². The molecule has 0 aliphatic carbocycles. The second-order valence-electron chi connectivity index (χ2n) is 3.09. The Morgan fingerprint density at radius 2 is 2.30 bits per heavy atom. The molecule has 0 saturated carbocycles. The number of hydrogen-bond acceptors (Lipinski definition) is 4. The average molecular weight is 143 g/mol. The molecule has 0 aromatic rings. The fourth-order valence-corrected chi connectivity index (χ4v) is 1.76. The quantitative estimate of drug-likeness (QED) is 0.403. The summed E-state index contributed by atoms with van der Waals surface area (Å²) in [7, 11) is 0. The highest BCUT2D eigenvalue weighted by atomic mass is 16.7. The second kappa shape index (κ2) is 1.53. The van der Waals surface area contributed by atoms with Crippen molar-refractivity contribution in [1.29, 1.82) is 0 Å². The summed E-state index contributed by atoms with van der Waals surface area (Å²) in [5.41, 5.74) is 0. The SMILES string of the molecule is O[C@H]1[C@H]2N[C@H]2[C@@H]2OC[C@H]1O2. The molecule has 2 N–H and O–H groups in total. The molecule has 0 radical (unpaired) electrons. The number of aliphatic hydroxyl groups is 1. The molecule has 3 saturated heterocycles. The first-order chi connectivity index (χ1) is 4.86. The molecule has 3 aliphatic heterocycles. The van der Waals surface area contributed by atoms with Crippen molar-refractivity contribution in [2.45, 2.75) is 30.6 Å². The van der Waals surface area contributed by atoms with E-state index in [0.29, 0.717) is 6.61 Å². The lowest BCUT2D eigenvalue weighted by molar-refractivity contribution is -0.101. The zero-order chi connectivity index (χ0) is 6.72. The van der Waals surface area contributed by atoms with E-state index < -0.39 is 0 Å². The van der Waals surface area contributed by atoms with E-state index in [0.717, 1.165) is 0 Å². The molecule has 5 atom stereocenters. The first kappa shape index (κ1) is 5.49. The maximum Gasteiger partial charge on any atom is 0.175 e. The Morgan fingerprint density at radius 3 is 3.20 bits per heavy atom. The van der Waals surface area contributed by atoms with Gasteiger partial charge in [-0.05, 0) is 0 Å². The van der Waals surface area contributed by atoms with Gasteiger partial charge in [-0.2, -0.15) is 0 Å².